The van der Waals surface area contributed by atoms with Crippen LogP contribution in [0.1, 0.15) is 23.1 Å². The Morgan fingerprint density at radius 1 is 0.778 bits per heavy atom. The molecule has 4 heteroatoms. The summed E-state index contributed by atoms with van der Waals surface area (Å²) in [5, 5.41) is 3.07. The van der Waals surface area contributed by atoms with E-state index in [-0.39, 0.29) is 0 Å². The Bertz CT molecular complexity index is 843. The molecule has 0 aliphatic rings. The summed E-state index contributed by atoms with van der Waals surface area (Å²) in [7, 11) is 0. The number of nitrogens with one attached hydrogen (secondary N) is 1. The Morgan fingerprint density at radius 2 is 1.37 bits per heavy atom. The number of hydrogen-bond donors (Lipinski definition) is 1. The molecule has 3 rings (SSSR count). The van der Waals surface area contributed by atoms with Gasteiger partial charge in [0.1, 0.15) is 0 Å². The second kappa shape index (κ2) is 8.58. The van der Waals surface area contributed by atoms with Crippen molar-refractivity contribution in [3.05, 3.63) is 108 Å². The van der Waals surface area contributed by atoms with Crippen LogP contribution in [-0.2, 0) is 6.18 Å². The highest BCUT2D eigenvalue weighted by atomic mass is 19.4. The molecule has 1 N–H and O–H groups in total. The third-order valence-corrected chi connectivity index (χ3v) is 4.18. The van der Waals surface area contributed by atoms with Crippen LogP contribution in [0.2, 0.25) is 0 Å². The first kappa shape index (κ1) is 18.8. The van der Waals surface area contributed by atoms with Gasteiger partial charge in [0.15, 0.2) is 0 Å². The van der Waals surface area contributed by atoms with Crippen molar-refractivity contribution < 1.29 is 13.2 Å². The minimum Gasteiger partial charge on any atom is -0.385 e. The molecule has 0 aromatic heterocycles. The van der Waals surface area contributed by atoms with E-state index in [1.807, 2.05) is 36.4 Å². The van der Waals surface area contributed by atoms with Crippen LogP contribution in [0.25, 0.3) is 5.57 Å². The van der Waals surface area contributed by atoms with Crippen LogP contribution in [0.4, 0.5) is 18.9 Å². The summed E-state index contributed by atoms with van der Waals surface area (Å²) in [5.74, 6) is 0. The molecule has 138 valence electrons. The maximum Gasteiger partial charge on any atom is 0.416 e. The monoisotopic (exact) mass is 367 g/mol. The van der Waals surface area contributed by atoms with Gasteiger partial charge in [-0.15, -0.1) is 0 Å². The lowest BCUT2D eigenvalue weighted by Crippen LogP contribution is -2.07. The number of rotatable bonds is 6. The lowest BCUT2D eigenvalue weighted by molar-refractivity contribution is -0.137. The predicted octanol–water partition coefficient (Wildman–Crippen LogP) is 6.64. The quantitative estimate of drug-likeness (QED) is 0.482. The Balaban J connectivity index is 1.71. The summed E-state index contributed by atoms with van der Waals surface area (Å²) in [6, 6.07) is 25.4. The van der Waals surface area contributed by atoms with Crippen molar-refractivity contribution in [2.75, 3.05) is 11.9 Å². The average molecular weight is 367 g/mol. The molecule has 1 nitrogen and oxygen atoms in total. The van der Waals surface area contributed by atoms with E-state index in [9.17, 15) is 13.2 Å². The molecule has 0 saturated carbocycles. The van der Waals surface area contributed by atoms with Crippen LogP contribution < -0.4 is 5.32 Å². The molecule has 0 saturated heterocycles. The third-order valence-electron chi connectivity index (χ3n) is 4.18. The molecule has 0 radical (unpaired) electrons. The zero-order valence-corrected chi connectivity index (χ0v) is 14.7. The SMILES string of the molecule is FC(F)(F)c1cccc(NCCC=C(c2ccccc2)c2ccccc2)c1. The van der Waals surface area contributed by atoms with Gasteiger partial charge in [-0.1, -0.05) is 72.8 Å². The largest absolute Gasteiger partial charge is 0.416 e. The lowest BCUT2D eigenvalue weighted by atomic mass is 9.97. The average Bonchev–Trinajstić information content (AvgIpc) is 2.69. The Morgan fingerprint density at radius 3 is 1.93 bits per heavy atom. The van der Waals surface area contributed by atoms with Gasteiger partial charge in [-0.2, -0.15) is 13.2 Å². The van der Waals surface area contributed by atoms with E-state index >= 15 is 0 Å². The summed E-state index contributed by atoms with van der Waals surface area (Å²) in [6.07, 6.45) is -1.52. The van der Waals surface area contributed by atoms with Gasteiger partial charge in [0, 0.05) is 12.2 Å². The van der Waals surface area contributed by atoms with E-state index in [0.717, 1.165) is 28.8 Å². The van der Waals surface area contributed by atoms with Crippen molar-refractivity contribution in [1.82, 2.24) is 0 Å². The molecule has 0 spiro atoms. The molecule has 0 amide bonds. The van der Waals surface area contributed by atoms with Crippen LogP contribution in [0.3, 0.4) is 0 Å². The predicted molar refractivity (Wildman–Crippen MR) is 105 cm³/mol. The second-order valence-electron chi connectivity index (χ2n) is 6.14. The second-order valence-corrected chi connectivity index (χ2v) is 6.14. The molecular weight excluding hydrogens is 347 g/mol. The summed E-state index contributed by atoms with van der Waals surface area (Å²) in [6.45, 7) is 0.546. The fourth-order valence-electron chi connectivity index (χ4n) is 2.88. The van der Waals surface area contributed by atoms with Crippen LogP contribution in [0, 0.1) is 0 Å². The smallest absolute Gasteiger partial charge is 0.385 e. The highest BCUT2D eigenvalue weighted by molar-refractivity contribution is 5.79. The van der Waals surface area contributed by atoms with Gasteiger partial charge < -0.3 is 5.32 Å². The summed E-state index contributed by atoms with van der Waals surface area (Å²) >= 11 is 0. The Hall–Kier alpha value is -3.01. The van der Waals surface area contributed by atoms with Gasteiger partial charge in [0.2, 0.25) is 0 Å². The van der Waals surface area contributed by atoms with E-state index in [0.29, 0.717) is 18.7 Å². The van der Waals surface area contributed by atoms with Crippen molar-refractivity contribution in [2.45, 2.75) is 12.6 Å². The zero-order chi connectivity index (χ0) is 19.1. The lowest BCUT2D eigenvalue weighted by Gasteiger charge is -2.11. The van der Waals surface area contributed by atoms with E-state index in [4.69, 9.17) is 0 Å². The maximum atomic E-state index is 12.8. The fourth-order valence-corrected chi connectivity index (χ4v) is 2.88. The minimum absolute atomic E-state index is 0.471. The highest BCUT2D eigenvalue weighted by Crippen LogP contribution is 2.30. The van der Waals surface area contributed by atoms with Crippen molar-refractivity contribution in [1.29, 1.82) is 0 Å². The van der Waals surface area contributed by atoms with Crippen molar-refractivity contribution in [2.24, 2.45) is 0 Å². The van der Waals surface area contributed by atoms with E-state index in [1.54, 1.807) is 6.07 Å². The molecule has 27 heavy (non-hydrogen) atoms. The summed E-state index contributed by atoms with van der Waals surface area (Å²) in [5.41, 5.74) is 3.17. The molecule has 3 aromatic rings. The van der Waals surface area contributed by atoms with Crippen molar-refractivity contribution in [3.8, 4) is 0 Å². The molecular formula is C23H20F3N. The molecule has 0 atom stereocenters. The molecule has 0 fully saturated rings. The van der Waals surface area contributed by atoms with Gasteiger partial charge in [-0.3, -0.25) is 0 Å². The van der Waals surface area contributed by atoms with Crippen molar-refractivity contribution in [3.63, 3.8) is 0 Å². The number of benzene rings is 3. The normalized spacial score (nSPS) is 11.1. The van der Waals surface area contributed by atoms with E-state index in [2.05, 4.69) is 35.7 Å². The van der Waals surface area contributed by atoms with Gasteiger partial charge in [-0.25, -0.2) is 0 Å². The van der Waals surface area contributed by atoms with Gasteiger partial charge in [0.25, 0.3) is 0 Å². The standard InChI is InChI=1S/C23H20F3N/c24-23(25,26)20-13-7-14-21(17-20)27-16-8-15-22(18-9-3-1-4-10-18)19-11-5-2-6-12-19/h1-7,9-15,17,27H,8,16H2. The van der Waals surface area contributed by atoms with E-state index < -0.39 is 11.7 Å². The zero-order valence-electron chi connectivity index (χ0n) is 14.7. The number of halogens is 3. The first-order chi connectivity index (χ1) is 13.0. The minimum atomic E-state index is -4.33. The topological polar surface area (TPSA) is 12.0 Å². The first-order valence-electron chi connectivity index (χ1n) is 8.76. The van der Waals surface area contributed by atoms with Crippen LogP contribution in [0.15, 0.2) is 91.0 Å². The highest BCUT2D eigenvalue weighted by Gasteiger charge is 2.30. The van der Waals surface area contributed by atoms with Crippen LogP contribution >= 0.6 is 0 Å². The number of hydrogen-bond acceptors (Lipinski definition) is 1. The Kier molecular flexibility index (Phi) is 5.97. The number of alkyl halides is 3. The number of anilines is 1. The van der Waals surface area contributed by atoms with E-state index in [1.165, 1.54) is 6.07 Å². The van der Waals surface area contributed by atoms with Crippen LogP contribution in [0.5, 0.6) is 0 Å². The Labute approximate surface area is 157 Å². The maximum absolute atomic E-state index is 12.8. The fraction of sp³-hybridized carbons (Fsp3) is 0.130. The van der Waals surface area contributed by atoms with Crippen LogP contribution in [-0.4, -0.2) is 6.54 Å². The molecule has 3 aromatic carbocycles. The first-order valence-corrected chi connectivity index (χ1v) is 8.76. The van der Waals surface area contributed by atoms with Gasteiger partial charge in [0.05, 0.1) is 5.56 Å². The molecule has 0 unspecified atom stereocenters. The molecule has 0 aliphatic carbocycles. The van der Waals surface area contributed by atoms with Gasteiger partial charge >= 0.3 is 6.18 Å². The molecule has 0 heterocycles. The summed E-state index contributed by atoms with van der Waals surface area (Å²) in [4.78, 5) is 0. The molecule has 0 aliphatic heterocycles. The summed E-state index contributed by atoms with van der Waals surface area (Å²) < 4.78 is 38.4. The van der Waals surface area contributed by atoms with Crippen molar-refractivity contribution >= 4 is 11.3 Å². The third kappa shape index (κ3) is 5.23. The molecule has 0 bridgehead atoms. The van der Waals surface area contributed by atoms with Gasteiger partial charge in [-0.05, 0) is 41.3 Å².